The lowest BCUT2D eigenvalue weighted by molar-refractivity contribution is 0.0384. The second kappa shape index (κ2) is 5.27. The summed E-state index contributed by atoms with van der Waals surface area (Å²) in [7, 11) is 0. The van der Waals surface area contributed by atoms with Crippen molar-refractivity contribution in [3.63, 3.8) is 0 Å². The normalized spacial score (nSPS) is 20.6. The summed E-state index contributed by atoms with van der Waals surface area (Å²) in [6.45, 7) is 6.91. The molecule has 2 N–H and O–H groups in total. The van der Waals surface area contributed by atoms with E-state index in [9.17, 15) is 0 Å². The van der Waals surface area contributed by atoms with E-state index in [1.165, 1.54) is 5.69 Å². The Morgan fingerprint density at radius 3 is 3.00 bits per heavy atom. The molecule has 1 saturated heterocycles. The van der Waals surface area contributed by atoms with Crippen LogP contribution in [0.3, 0.4) is 0 Å². The molecule has 94 valence electrons. The minimum absolute atomic E-state index is 0.341. The van der Waals surface area contributed by atoms with Crippen molar-refractivity contribution in [1.29, 1.82) is 0 Å². The molecule has 1 unspecified atom stereocenters. The number of morpholine rings is 1. The number of ether oxygens (including phenoxy) is 1. The average Bonchev–Trinajstić information content (AvgIpc) is 2.34. The topological polar surface area (TPSA) is 38.5 Å². The second-order valence-corrected chi connectivity index (χ2v) is 5.36. The van der Waals surface area contributed by atoms with E-state index < -0.39 is 0 Å². The van der Waals surface area contributed by atoms with Gasteiger partial charge in [-0.1, -0.05) is 6.92 Å². The van der Waals surface area contributed by atoms with Gasteiger partial charge in [0.1, 0.15) is 0 Å². The second-order valence-electron chi connectivity index (χ2n) is 4.51. The van der Waals surface area contributed by atoms with Gasteiger partial charge in [-0.25, -0.2) is 0 Å². The van der Waals surface area contributed by atoms with Gasteiger partial charge in [-0.15, -0.1) is 0 Å². The number of nitrogen functional groups attached to an aromatic ring is 1. The zero-order chi connectivity index (χ0) is 12.4. The largest absolute Gasteiger partial charge is 0.398 e. The number of aryl methyl sites for hydroxylation is 1. The monoisotopic (exact) mass is 298 g/mol. The highest BCUT2D eigenvalue weighted by Gasteiger charge is 2.21. The number of halogens is 1. The maximum absolute atomic E-state index is 5.90. The molecule has 2 rings (SSSR count). The first-order valence-corrected chi connectivity index (χ1v) is 6.83. The van der Waals surface area contributed by atoms with E-state index in [0.29, 0.717) is 6.10 Å². The van der Waals surface area contributed by atoms with Gasteiger partial charge in [0.25, 0.3) is 0 Å². The van der Waals surface area contributed by atoms with Gasteiger partial charge in [0.05, 0.1) is 18.4 Å². The van der Waals surface area contributed by atoms with Gasteiger partial charge in [0.2, 0.25) is 0 Å². The van der Waals surface area contributed by atoms with Crippen LogP contribution in [0.15, 0.2) is 16.6 Å². The van der Waals surface area contributed by atoms with Crippen molar-refractivity contribution < 1.29 is 4.74 Å². The minimum atomic E-state index is 0.341. The molecule has 4 heteroatoms. The van der Waals surface area contributed by atoms with Crippen molar-refractivity contribution >= 4 is 27.3 Å². The number of anilines is 2. The first kappa shape index (κ1) is 12.7. The number of hydrogen-bond donors (Lipinski definition) is 1. The van der Waals surface area contributed by atoms with E-state index in [4.69, 9.17) is 10.5 Å². The van der Waals surface area contributed by atoms with Gasteiger partial charge in [0.15, 0.2) is 0 Å². The van der Waals surface area contributed by atoms with E-state index in [1.807, 2.05) is 13.0 Å². The lowest BCUT2D eigenvalue weighted by Crippen LogP contribution is -2.42. The molecule has 0 saturated carbocycles. The molecule has 1 aliphatic heterocycles. The SMILES string of the molecule is CCC1CN(c2cc(C)c(N)cc2Br)CCO1. The summed E-state index contributed by atoms with van der Waals surface area (Å²) < 4.78 is 6.76. The lowest BCUT2D eigenvalue weighted by Gasteiger charge is -2.35. The summed E-state index contributed by atoms with van der Waals surface area (Å²) in [4.78, 5) is 2.37. The fourth-order valence-corrected chi connectivity index (χ4v) is 2.72. The van der Waals surface area contributed by atoms with Crippen molar-refractivity contribution in [1.82, 2.24) is 0 Å². The fourth-order valence-electron chi connectivity index (χ4n) is 2.11. The van der Waals surface area contributed by atoms with Crippen molar-refractivity contribution in [2.45, 2.75) is 26.4 Å². The van der Waals surface area contributed by atoms with E-state index in [2.05, 4.69) is 33.8 Å². The van der Waals surface area contributed by atoms with E-state index in [1.54, 1.807) is 0 Å². The van der Waals surface area contributed by atoms with Gasteiger partial charge < -0.3 is 15.4 Å². The van der Waals surface area contributed by atoms with Crippen molar-refractivity contribution in [3.8, 4) is 0 Å². The number of benzene rings is 1. The smallest absolute Gasteiger partial charge is 0.0748 e. The van der Waals surface area contributed by atoms with Crippen LogP contribution in [-0.4, -0.2) is 25.8 Å². The predicted octanol–water partition coefficient (Wildman–Crippen LogP) is 2.95. The number of rotatable bonds is 2. The van der Waals surface area contributed by atoms with Crippen LogP contribution in [0.5, 0.6) is 0 Å². The molecular weight excluding hydrogens is 280 g/mol. The molecule has 0 amide bonds. The summed E-state index contributed by atoms with van der Waals surface area (Å²) >= 11 is 3.60. The highest BCUT2D eigenvalue weighted by Crippen LogP contribution is 2.32. The van der Waals surface area contributed by atoms with Crippen LogP contribution in [-0.2, 0) is 4.74 Å². The maximum Gasteiger partial charge on any atom is 0.0748 e. The third kappa shape index (κ3) is 2.75. The van der Waals surface area contributed by atoms with Crippen molar-refractivity contribution in [2.75, 3.05) is 30.3 Å². The summed E-state index contributed by atoms with van der Waals surface area (Å²) in [6.07, 6.45) is 1.40. The zero-order valence-corrected chi connectivity index (χ0v) is 12.0. The first-order chi connectivity index (χ1) is 8.11. The molecule has 1 atom stereocenters. The predicted molar refractivity (Wildman–Crippen MR) is 75.5 cm³/mol. The Balaban J connectivity index is 2.24. The number of hydrogen-bond acceptors (Lipinski definition) is 3. The van der Waals surface area contributed by atoms with E-state index in [-0.39, 0.29) is 0 Å². The average molecular weight is 299 g/mol. The Hall–Kier alpha value is -0.740. The van der Waals surface area contributed by atoms with Gasteiger partial charge in [-0.2, -0.15) is 0 Å². The quantitative estimate of drug-likeness (QED) is 0.853. The Morgan fingerprint density at radius 1 is 1.53 bits per heavy atom. The molecule has 0 radical (unpaired) electrons. The Bertz CT molecular complexity index is 409. The van der Waals surface area contributed by atoms with E-state index >= 15 is 0 Å². The van der Waals surface area contributed by atoms with Crippen LogP contribution in [0, 0.1) is 6.92 Å². The highest BCUT2D eigenvalue weighted by molar-refractivity contribution is 9.10. The molecule has 1 fully saturated rings. The Labute approximate surface area is 111 Å². The van der Waals surface area contributed by atoms with Crippen LogP contribution >= 0.6 is 15.9 Å². The van der Waals surface area contributed by atoms with Crippen LogP contribution in [0.1, 0.15) is 18.9 Å². The summed E-state index contributed by atoms with van der Waals surface area (Å²) in [5.74, 6) is 0. The molecular formula is C13H19BrN2O. The molecule has 0 aliphatic carbocycles. The number of nitrogens with two attached hydrogens (primary N) is 1. The summed E-state index contributed by atoms with van der Waals surface area (Å²) in [5, 5.41) is 0. The third-order valence-corrected chi connectivity index (χ3v) is 3.91. The molecule has 1 aliphatic rings. The van der Waals surface area contributed by atoms with Crippen LogP contribution in [0.2, 0.25) is 0 Å². The Morgan fingerprint density at radius 2 is 2.29 bits per heavy atom. The fraction of sp³-hybridized carbons (Fsp3) is 0.538. The molecule has 0 bridgehead atoms. The van der Waals surface area contributed by atoms with Crippen molar-refractivity contribution in [2.24, 2.45) is 0 Å². The van der Waals surface area contributed by atoms with Crippen LogP contribution in [0.25, 0.3) is 0 Å². The van der Waals surface area contributed by atoms with Crippen molar-refractivity contribution in [3.05, 3.63) is 22.2 Å². The van der Waals surface area contributed by atoms with Gasteiger partial charge >= 0.3 is 0 Å². The molecule has 1 aromatic rings. The molecule has 17 heavy (non-hydrogen) atoms. The molecule has 1 heterocycles. The standard InChI is InChI=1S/C13H19BrN2O/c1-3-10-8-16(4-5-17-10)13-6-9(2)12(15)7-11(13)14/h6-7,10H,3-5,8,15H2,1-2H3. The summed E-state index contributed by atoms with van der Waals surface area (Å²) in [6, 6.07) is 4.14. The molecule has 1 aromatic carbocycles. The van der Waals surface area contributed by atoms with Crippen LogP contribution in [0.4, 0.5) is 11.4 Å². The van der Waals surface area contributed by atoms with Gasteiger partial charge in [-0.05, 0) is 47.0 Å². The zero-order valence-electron chi connectivity index (χ0n) is 10.4. The maximum atomic E-state index is 5.90. The van der Waals surface area contributed by atoms with E-state index in [0.717, 1.165) is 41.8 Å². The van der Waals surface area contributed by atoms with Gasteiger partial charge in [0, 0.05) is 23.2 Å². The summed E-state index contributed by atoms with van der Waals surface area (Å²) in [5.41, 5.74) is 9.08. The number of nitrogens with zero attached hydrogens (tertiary/aromatic N) is 1. The first-order valence-electron chi connectivity index (χ1n) is 6.04. The Kier molecular flexibility index (Phi) is 3.94. The molecule has 3 nitrogen and oxygen atoms in total. The lowest BCUT2D eigenvalue weighted by atomic mass is 10.1. The van der Waals surface area contributed by atoms with Crippen LogP contribution < -0.4 is 10.6 Å². The van der Waals surface area contributed by atoms with Gasteiger partial charge in [-0.3, -0.25) is 0 Å². The highest BCUT2D eigenvalue weighted by atomic mass is 79.9. The molecule has 0 spiro atoms. The molecule has 0 aromatic heterocycles. The minimum Gasteiger partial charge on any atom is -0.398 e. The third-order valence-electron chi connectivity index (χ3n) is 3.27.